The van der Waals surface area contributed by atoms with Gasteiger partial charge in [0.1, 0.15) is 22.8 Å². The highest BCUT2D eigenvalue weighted by Gasteiger charge is 2.19. The maximum absolute atomic E-state index is 12.2. The van der Waals surface area contributed by atoms with E-state index >= 15 is 0 Å². The molecule has 0 saturated heterocycles. The van der Waals surface area contributed by atoms with Crippen molar-refractivity contribution in [2.24, 2.45) is 0 Å². The van der Waals surface area contributed by atoms with Gasteiger partial charge in [-0.15, -0.1) is 0 Å². The van der Waals surface area contributed by atoms with Crippen LogP contribution in [0.5, 0.6) is 17.2 Å². The fourth-order valence-electron chi connectivity index (χ4n) is 1.83. The van der Waals surface area contributed by atoms with Crippen LogP contribution in [0.25, 0.3) is 0 Å². The summed E-state index contributed by atoms with van der Waals surface area (Å²) in [5.74, 6) is 1.56. The lowest BCUT2D eigenvalue weighted by Gasteiger charge is -2.14. The number of Topliss-reactive ketones (excluding diaryl/α,β-unsaturated/α-hetero) is 1. The van der Waals surface area contributed by atoms with Crippen molar-refractivity contribution in [2.45, 2.75) is 12.8 Å². The Bertz CT molecular complexity index is 406. The topological polar surface area (TPSA) is 56.8 Å². The summed E-state index contributed by atoms with van der Waals surface area (Å²) in [5, 5.41) is 3.02. The first kappa shape index (κ1) is 15.3. The van der Waals surface area contributed by atoms with E-state index in [0.717, 1.165) is 13.0 Å². The van der Waals surface area contributed by atoms with Gasteiger partial charge in [-0.2, -0.15) is 0 Å². The van der Waals surface area contributed by atoms with Gasteiger partial charge in [-0.3, -0.25) is 4.79 Å². The molecule has 1 aromatic rings. The zero-order valence-electron chi connectivity index (χ0n) is 11.9. The van der Waals surface area contributed by atoms with E-state index in [4.69, 9.17) is 14.2 Å². The third kappa shape index (κ3) is 3.86. The average Bonchev–Trinajstić information content (AvgIpc) is 2.45. The second kappa shape index (κ2) is 7.63. The highest BCUT2D eigenvalue weighted by atomic mass is 16.5. The summed E-state index contributed by atoms with van der Waals surface area (Å²) in [4.78, 5) is 12.2. The summed E-state index contributed by atoms with van der Waals surface area (Å²) in [6.45, 7) is 0.798. The Labute approximate surface area is 113 Å². The van der Waals surface area contributed by atoms with Crippen molar-refractivity contribution < 1.29 is 19.0 Å². The number of carbonyl (C=O) groups is 1. The lowest BCUT2D eigenvalue weighted by molar-refractivity contribution is 0.0974. The molecule has 0 aromatic heterocycles. The standard InChI is InChI=1S/C14H21NO4/c1-15-7-5-6-11(16)14-12(18-3)8-10(17-2)9-13(14)19-4/h8-9,15H,5-7H2,1-4H3. The smallest absolute Gasteiger partial charge is 0.170 e. The molecule has 0 atom stereocenters. The van der Waals surface area contributed by atoms with E-state index in [1.165, 1.54) is 14.2 Å². The van der Waals surface area contributed by atoms with E-state index in [1.54, 1.807) is 19.2 Å². The molecule has 0 amide bonds. The predicted molar refractivity (Wildman–Crippen MR) is 73.6 cm³/mol. The number of hydrogen-bond donors (Lipinski definition) is 1. The van der Waals surface area contributed by atoms with Crippen LogP contribution in [0.3, 0.4) is 0 Å². The van der Waals surface area contributed by atoms with Gasteiger partial charge in [0.15, 0.2) is 5.78 Å². The molecular weight excluding hydrogens is 246 g/mol. The normalized spacial score (nSPS) is 10.1. The molecule has 0 unspecified atom stereocenters. The van der Waals surface area contributed by atoms with Gasteiger partial charge in [0.2, 0.25) is 0 Å². The molecule has 5 nitrogen and oxygen atoms in total. The molecule has 1 N–H and O–H groups in total. The van der Waals surface area contributed by atoms with E-state index in [2.05, 4.69) is 5.32 Å². The van der Waals surface area contributed by atoms with Gasteiger partial charge in [-0.05, 0) is 20.0 Å². The lowest BCUT2D eigenvalue weighted by Crippen LogP contribution is -2.11. The Morgan fingerprint density at radius 2 is 1.68 bits per heavy atom. The SMILES string of the molecule is CNCCCC(=O)c1c(OC)cc(OC)cc1OC. The van der Waals surface area contributed by atoms with Crippen LogP contribution >= 0.6 is 0 Å². The molecule has 1 aromatic carbocycles. The largest absolute Gasteiger partial charge is 0.496 e. The van der Waals surface area contributed by atoms with Gasteiger partial charge in [-0.25, -0.2) is 0 Å². The lowest BCUT2D eigenvalue weighted by atomic mass is 10.0. The number of hydrogen-bond acceptors (Lipinski definition) is 5. The van der Waals surface area contributed by atoms with Crippen molar-refractivity contribution in [3.63, 3.8) is 0 Å². The highest BCUT2D eigenvalue weighted by Crippen LogP contribution is 2.34. The monoisotopic (exact) mass is 267 g/mol. The number of carbonyl (C=O) groups excluding carboxylic acids is 1. The minimum atomic E-state index is 0.00611. The van der Waals surface area contributed by atoms with Crippen molar-refractivity contribution in [3.05, 3.63) is 17.7 Å². The molecule has 0 spiro atoms. The number of ether oxygens (including phenoxy) is 3. The van der Waals surface area contributed by atoms with E-state index in [0.29, 0.717) is 29.2 Å². The number of nitrogens with one attached hydrogen (secondary N) is 1. The minimum Gasteiger partial charge on any atom is -0.496 e. The molecule has 5 heteroatoms. The molecule has 0 fully saturated rings. The molecule has 0 heterocycles. The summed E-state index contributed by atoms with van der Waals surface area (Å²) in [6.07, 6.45) is 1.22. The zero-order valence-corrected chi connectivity index (χ0v) is 11.9. The summed E-state index contributed by atoms with van der Waals surface area (Å²) >= 11 is 0. The van der Waals surface area contributed by atoms with Crippen LogP contribution in [0.2, 0.25) is 0 Å². The molecule has 0 radical (unpaired) electrons. The molecule has 0 aliphatic carbocycles. The summed E-state index contributed by atoms with van der Waals surface area (Å²) < 4.78 is 15.7. The first-order valence-electron chi connectivity index (χ1n) is 6.15. The zero-order chi connectivity index (χ0) is 14.3. The second-order valence-electron chi connectivity index (χ2n) is 4.04. The van der Waals surface area contributed by atoms with Crippen molar-refractivity contribution in [2.75, 3.05) is 34.9 Å². The number of rotatable bonds is 8. The Kier molecular flexibility index (Phi) is 6.15. The maximum Gasteiger partial charge on any atom is 0.170 e. The van der Waals surface area contributed by atoms with Crippen LogP contribution in [0.4, 0.5) is 0 Å². The number of ketones is 1. The van der Waals surface area contributed by atoms with Crippen LogP contribution < -0.4 is 19.5 Å². The highest BCUT2D eigenvalue weighted by molar-refractivity contribution is 6.01. The van der Waals surface area contributed by atoms with Gasteiger partial charge < -0.3 is 19.5 Å². The average molecular weight is 267 g/mol. The Hall–Kier alpha value is -1.75. The maximum atomic E-state index is 12.2. The number of benzene rings is 1. The van der Waals surface area contributed by atoms with Crippen molar-refractivity contribution in [1.29, 1.82) is 0 Å². The third-order valence-electron chi connectivity index (χ3n) is 2.82. The van der Waals surface area contributed by atoms with Gasteiger partial charge in [-0.1, -0.05) is 0 Å². The molecule has 0 bridgehead atoms. The fraction of sp³-hybridized carbons (Fsp3) is 0.500. The summed E-state index contributed by atoms with van der Waals surface area (Å²) in [5.41, 5.74) is 0.474. The van der Waals surface area contributed by atoms with Crippen LogP contribution in [0.15, 0.2) is 12.1 Å². The summed E-state index contributed by atoms with van der Waals surface area (Å²) in [6, 6.07) is 3.38. The Morgan fingerprint density at radius 1 is 1.11 bits per heavy atom. The first-order valence-corrected chi connectivity index (χ1v) is 6.15. The summed E-state index contributed by atoms with van der Waals surface area (Å²) in [7, 11) is 6.47. The van der Waals surface area contributed by atoms with Crippen molar-refractivity contribution >= 4 is 5.78 Å². The van der Waals surface area contributed by atoms with Gasteiger partial charge in [0, 0.05) is 18.6 Å². The third-order valence-corrected chi connectivity index (χ3v) is 2.82. The van der Waals surface area contributed by atoms with E-state index in [-0.39, 0.29) is 5.78 Å². The molecule has 19 heavy (non-hydrogen) atoms. The predicted octanol–water partition coefficient (Wildman–Crippen LogP) is 1.89. The minimum absolute atomic E-state index is 0.00611. The van der Waals surface area contributed by atoms with Gasteiger partial charge in [0.25, 0.3) is 0 Å². The van der Waals surface area contributed by atoms with Gasteiger partial charge in [0.05, 0.1) is 21.3 Å². The van der Waals surface area contributed by atoms with Gasteiger partial charge >= 0.3 is 0 Å². The van der Waals surface area contributed by atoms with Crippen LogP contribution in [0.1, 0.15) is 23.2 Å². The van der Waals surface area contributed by atoms with E-state index < -0.39 is 0 Å². The quantitative estimate of drug-likeness (QED) is 0.576. The van der Waals surface area contributed by atoms with Crippen LogP contribution in [-0.4, -0.2) is 40.7 Å². The first-order chi connectivity index (χ1) is 9.17. The van der Waals surface area contributed by atoms with Crippen LogP contribution in [0, 0.1) is 0 Å². The van der Waals surface area contributed by atoms with Crippen molar-refractivity contribution in [1.82, 2.24) is 5.32 Å². The van der Waals surface area contributed by atoms with Crippen LogP contribution in [-0.2, 0) is 0 Å². The molecule has 0 aliphatic heterocycles. The second-order valence-corrected chi connectivity index (χ2v) is 4.04. The molecule has 0 saturated carbocycles. The molecule has 106 valence electrons. The van der Waals surface area contributed by atoms with Crippen molar-refractivity contribution in [3.8, 4) is 17.2 Å². The number of methoxy groups -OCH3 is 3. The van der Waals surface area contributed by atoms with E-state index in [1.807, 2.05) is 7.05 Å². The molecular formula is C14H21NO4. The van der Waals surface area contributed by atoms with E-state index in [9.17, 15) is 4.79 Å². The Balaban J connectivity index is 3.05. The molecule has 0 aliphatic rings. The molecule has 1 rings (SSSR count). The fourth-order valence-corrected chi connectivity index (χ4v) is 1.83. The Morgan fingerprint density at radius 3 is 2.11 bits per heavy atom.